The molecule has 0 aliphatic rings. The van der Waals surface area contributed by atoms with Crippen LogP contribution in [0, 0.1) is 11.3 Å². The molecule has 0 spiro atoms. The van der Waals surface area contributed by atoms with Crippen LogP contribution >= 0.6 is 0 Å². The van der Waals surface area contributed by atoms with Gasteiger partial charge in [-0.3, -0.25) is 0 Å². The van der Waals surface area contributed by atoms with Gasteiger partial charge < -0.3 is 9.90 Å². The maximum absolute atomic E-state index is 8.90. The van der Waals surface area contributed by atoms with Gasteiger partial charge in [-0.15, -0.1) is 0 Å². The van der Waals surface area contributed by atoms with Crippen molar-refractivity contribution in [3.05, 3.63) is 0 Å². The summed E-state index contributed by atoms with van der Waals surface area (Å²) in [5, 5.41) is 16.1. The van der Waals surface area contributed by atoms with Crippen LogP contribution in [-0.4, -0.2) is 5.97 Å². The Balaban J connectivity index is 0. The zero-order chi connectivity index (χ0) is 4.28. The number of carboxylic acids is 1. The maximum atomic E-state index is 8.90. The van der Waals surface area contributed by atoms with Gasteiger partial charge in [0.1, 0.15) is 12.0 Å². The van der Waals surface area contributed by atoms with E-state index in [1.165, 1.54) is 0 Å². The molecule has 0 atom stereocenters. The summed E-state index contributed by atoms with van der Waals surface area (Å²) in [4.78, 5) is 8.90. The Morgan fingerprint density at radius 2 is 2.00 bits per heavy atom. The van der Waals surface area contributed by atoms with E-state index in [2.05, 4.69) is 0 Å². The van der Waals surface area contributed by atoms with Crippen molar-refractivity contribution in [2.45, 2.75) is 0 Å². The number of carbonyl (C=O) groups is 1. The van der Waals surface area contributed by atoms with Crippen molar-refractivity contribution in [1.29, 1.82) is 5.26 Å². The smallest absolute Gasteiger partial charge is 0.535 e. The molecule has 0 radical (unpaired) electrons. The van der Waals surface area contributed by atoms with E-state index < -0.39 is 5.97 Å². The Labute approximate surface area is 44.5 Å². The van der Waals surface area contributed by atoms with E-state index in [0.29, 0.717) is 0 Å². The van der Waals surface area contributed by atoms with Gasteiger partial charge in [0.2, 0.25) is 0 Å². The third kappa shape index (κ3) is 9.84. The minimum atomic E-state index is -1.69. The molecule has 0 aliphatic heterocycles. The first-order valence-corrected chi connectivity index (χ1v) is 0.882. The summed E-state index contributed by atoms with van der Waals surface area (Å²) in [7, 11) is 0. The Kier molecular flexibility index (Phi) is 6.73. The molecule has 0 unspecified atom stereocenters. The average Bonchev–Trinajstić information content (AvgIpc) is 1.38. The first-order chi connectivity index (χ1) is 2.27. The molecule has 3 nitrogen and oxygen atoms in total. The summed E-state index contributed by atoms with van der Waals surface area (Å²) in [6.07, 6.45) is 0. The fraction of sp³-hybridized carbons (Fsp3) is 0. The Hall–Kier alpha value is -0.546. The van der Waals surface area contributed by atoms with E-state index in [0.717, 1.165) is 6.07 Å². The summed E-state index contributed by atoms with van der Waals surface area (Å²) in [6, 6.07) is 0.833. The Bertz CT molecular complexity index is 84.0. The summed E-state index contributed by atoms with van der Waals surface area (Å²) >= 11 is 0. The second-order valence-electron chi connectivity index (χ2n) is 0.399. The van der Waals surface area contributed by atoms with Crippen LogP contribution in [-0.2, 0) is 21.3 Å². The monoisotopic (exact) mass is 128 g/mol. The number of nitriles is 1. The van der Waals surface area contributed by atoms with Crippen molar-refractivity contribution in [3.63, 3.8) is 0 Å². The molecule has 0 bridgehead atoms. The van der Waals surface area contributed by atoms with Crippen molar-refractivity contribution in [2.24, 2.45) is 0 Å². The molecule has 0 aliphatic carbocycles. The van der Waals surface area contributed by atoms with Gasteiger partial charge in [-0.2, -0.15) is 5.26 Å². The van der Waals surface area contributed by atoms with E-state index >= 15 is 0 Å². The molecule has 0 saturated heterocycles. The molecule has 0 amide bonds. The van der Waals surface area contributed by atoms with Crippen molar-refractivity contribution in [3.8, 4) is 6.07 Å². The van der Waals surface area contributed by atoms with Crippen LogP contribution in [0.15, 0.2) is 0 Å². The SMILES string of the molecule is N#CC(=O)[O-].[Ni+2]. The van der Waals surface area contributed by atoms with E-state index in [4.69, 9.17) is 15.2 Å². The summed E-state index contributed by atoms with van der Waals surface area (Å²) < 4.78 is 0. The third-order valence-electron chi connectivity index (χ3n) is 0.0913. The van der Waals surface area contributed by atoms with Crippen LogP contribution in [0.25, 0.3) is 0 Å². The first kappa shape index (κ1) is 9.07. The zero-order valence-corrected chi connectivity index (χ0v) is 3.57. The number of carbonyl (C=O) groups excluding carboxylic acids is 1. The molecule has 0 rings (SSSR count). The van der Waals surface area contributed by atoms with Crippen LogP contribution in [0.5, 0.6) is 0 Å². The minimum absolute atomic E-state index is 0. The van der Waals surface area contributed by atoms with Gasteiger partial charge in [-0.05, 0) is 0 Å². The summed E-state index contributed by atoms with van der Waals surface area (Å²) in [5.74, 6) is -1.69. The van der Waals surface area contributed by atoms with Gasteiger partial charge in [-0.1, -0.05) is 0 Å². The van der Waals surface area contributed by atoms with Gasteiger partial charge in [0.15, 0.2) is 0 Å². The fourth-order valence-electron chi connectivity index (χ4n) is 0. The molecule has 6 heavy (non-hydrogen) atoms. The molecule has 0 fully saturated rings. The molecule has 0 N–H and O–H groups in total. The first-order valence-electron chi connectivity index (χ1n) is 0.882. The van der Waals surface area contributed by atoms with E-state index in [9.17, 15) is 0 Å². The summed E-state index contributed by atoms with van der Waals surface area (Å²) in [6.45, 7) is 0. The van der Waals surface area contributed by atoms with E-state index in [1.54, 1.807) is 0 Å². The molecule has 0 heterocycles. The molecule has 0 saturated carbocycles. The quantitative estimate of drug-likeness (QED) is 0.288. The van der Waals surface area contributed by atoms with Crippen LogP contribution in [0.1, 0.15) is 0 Å². The molecule has 0 aromatic rings. The largest absolute Gasteiger partial charge is 2.00 e. The second-order valence-corrected chi connectivity index (χ2v) is 0.399. The van der Waals surface area contributed by atoms with Crippen molar-refractivity contribution in [2.75, 3.05) is 0 Å². The van der Waals surface area contributed by atoms with Crippen molar-refractivity contribution >= 4 is 5.97 Å². The van der Waals surface area contributed by atoms with Crippen LogP contribution in [0.2, 0.25) is 0 Å². The minimum Gasteiger partial charge on any atom is -0.535 e. The van der Waals surface area contributed by atoms with Crippen LogP contribution in [0.3, 0.4) is 0 Å². The summed E-state index contributed by atoms with van der Waals surface area (Å²) in [5.41, 5.74) is 0. The Morgan fingerprint density at radius 1 is 1.83 bits per heavy atom. The van der Waals surface area contributed by atoms with Gasteiger partial charge in [0, 0.05) is 0 Å². The Morgan fingerprint density at radius 3 is 2.00 bits per heavy atom. The van der Waals surface area contributed by atoms with Crippen molar-refractivity contribution in [1.82, 2.24) is 0 Å². The third-order valence-corrected chi connectivity index (χ3v) is 0.0913. The molecule has 34 valence electrons. The number of rotatable bonds is 0. The average molecular weight is 129 g/mol. The second kappa shape index (κ2) is 4.45. The predicted octanol–water partition coefficient (Wildman–Crippen LogP) is -1.74. The van der Waals surface area contributed by atoms with Gasteiger partial charge in [-0.25, -0.2) is 0 Å². The predicted molar refractivity (Wildman–Crippen MR) is 10.6 cm³/mol. The number of hydrogen-bond donors (Lipinski definition) is 0. The molecule has 0 aromatic carbocycles. The molecular weight excluding hydrogens is 129 g/mol. The normalized spacial score (nSPS) is 4.50. The standard InChI is InChI=1S/C2HNO2.Ni/c3-1-2(4)5;/h(H,4,5);/q;+2/p-1. The topological polar surface area (TPSA) is 63.9 Å². The molecule has 4 heteroatoms. The number of hydrogen-bond acceptors (Lipinski definition) is 3. The molecular formula is C2NNiO2+. The molecule has 0 aromatic heterocycles. The van der Waals surface area contributed by atoms with Gasteiger partial charge in [0.25, 0.3) is 0 Å². The fourth-order valence-corrected chi connectivity index (χ4v) is 0. The zero-order valence-electron chi connectivity index (χ0n) is 2.58. The maximum Gasteiger partial charge on any atom is 2.00 e. The van der Waals surface area contributed by atoms with Gasteiger partial charge >= 0.3 is 16.5 Å². The number of carboxylic acid groups (broad SMARTS) is 1. The number of nitrogens with zero attached hydrogens (tertiary/aromatic N) is 1. The van der Waals surface area contributed by atoms with Crippen molar-refractivity contribution < 1.29 is 26.4 Å². The van der Waals surface area contributed by atoms with Crippen LogP contribution in [0.4, 0.5) is 0 Å². The number of aliphatic carboxylic acids is 1. The van der Waals surface area contributed by atoms with Crippen LogP contribution < -0.4 is 5.11 Å². The van der Waals surface area contributed by atoms with E-state index in [-0.39, 0.29) is 16.5 Å². The van der Waals surface area contributed by atoms with E-state index in [1.807, 2.05) is 0 Å². The van der Waals surface area contributed by atoms with Gasteiger partial charge in [0.05, 0.1) is 0 Å².